The molecule has 1 aromatic heterocycles. The Kier molecular flexibility index (Phi) is 5.88. The summed E-state index contributed by atoms with van der Waals surface area (Å²) in [5.41, 5.74) is 5.46. The maximum Gasteiger partial charge on any atom is 0.293 e. The highest BCUT2D eigenvalue weighted by atomic mass is 16.5. The van der Waals surface area contributed by atoms with E-state index in [1.54, 1.807) is 16.8 Å². The van der Waals surface area contributed by atoms with Gasteiger partial charge in [-0.25, -0.2) is 0 Å². The zero-order chi connectivity index (χ0) is 13.5. The lowest BCUT2D eigenvalue weighted by Crippen LogP contribution is -2.28. The van der Waals surface area contributed by atoms with Crippen molar-refractivity contribution in [1.29, 1.82) is 0 Å². The number of hydrogen-bond acceptors (Lipinski definition) is 4. The van der Waals surface area contributed by atoms with Gasteiger partial charge >= 0.3 is 0 Å². The Labute approximate surface area is 108 Å². The summed E-state index contributed by atoms with van der Waals surface area (Å²) in [6.45, 7) is 3.84. The normalized spacial score (nSPS) is 12.7. The smallest absolute Gasteiger partial charge is 0.293 e. The topological polar surface area (TPSA) is 60.5 Å². The van der Waals surface area contributed by atoms with Crippen molar-refractivity contribution in [3.63, 3.8) is 0 Å². The van der Waals surface area contributed by atoms with Crippen molar-refractivity contribution in [3.05, 3.63) is 28.7 Å². The Morgan fingerprint density at radius 2 is 2.22 bits per heavy atom. The summed E-state index contributed by atoms with van der Waals surface area (Å²) in [4.78, 5) is 14.2. The van der Waals surface area contributed by atoms with Gasteiger partial charge in [-0.05, 0) is 39.6 Å². The molecule has 0 radical (unpaired) electrons. The maximum absolute atomic E-state index is 12.1. The molecule has 0 fully saturated rings. The Morgan fingerprint density at radius 3 is 2.83 bits per heavy atom. The van der Waals surface area contributed by atoms with Crippen LogP contribution in [0.15, 0.2) is 23.1 Å². The van der Waals surface area contributed by atoms with E-state index in [1.165, 1.54) is 0 Å². The Bertz CT molecular complexity index is 415. The predicted octanol–water partition coefficient (Wildman–Crippen LogP) is 0.699. The van der Waals surface area contributed by atoms with E-state index in [0.29, 0.717) is 18.9 Å². The fraction of sp³-hybridized carbons (Fsp3) is 0.615. The zero-order valence-electron chi connectivity index (χ0n) is 11.4. The van der Waals surface area contributed by atoms with E-state index in [2.05, 4.69) is 4.90 Å². The van der Waals surface area contributed by atoms with Gasteiger partial charge in [0.05, 0.1) is 6.61 Å². The lowest BCUT2D eigenvalue weighted by molar-refractivity contribution is 0.276. The highest BCUT2D eigenvalue weighted by Gasteiger charge is 2.08. The van der Waals surface area contributed by atoms with Gasteiger partial charge in [-0.15, -0.1) is 0 Å². The summed E-state index contributed by atoms with van der Waals surface area (Å²) in [5, 5.41) is 0. The molecule has 0 amide bonds. The molecule has 1 atom stereocenters. The molecule has 0 aliphatic carbocycles. The molecule has 0 aromatic carbocycles. The third-order valence-electron chi connectivity index (χ3n) is 2.76. The second-order valence-corrected chi connectivity index (χ2v) is 4.67. The van der Waals surface area contributed by atoms with Crippen LogP contribution in [0, 0.1) is 0 Å². The van der Waals surface area contributed by atoms with E-state index in [9.17, 15) is 4.79 Å². The van der Waals surface area contributed by atoms with Gasteiger partial charge in [-0.1, -0.05) is 0 Å². The van der Waals surface area contributed by atoms with E-state index >= 15 is 0 Å². The van der Waals surface area contributed by atoms with Crippen molar-refractivity contribution in [3.8, 4) is 5.75 Å². The molecule has 1 rings (SSSR count). The molecule has 5 heteroatoms. The summed E-state index contributed by atoms with van der Waals surface area (Å²) >= 11 is 0. The molecule has 18 heavy (non-hydrogen) atoms. The van der Waals surface area contributed by atoms with Gasteiger partial charge in [0.25, 0.3) is 5.56 Å². The molecule has 5 nitrogen and oxygen atoms in total. The van der Waals surface area contributed by atoms with Crippen molar-refractivity contribution >= 4 is 0 Å². The molecular formula is C13H23N3O2. The van der Waals surface area contributed by atoms with Crippen LogP contribution in [0.25, 0.3) is 0 Å². The van der Waals surface area contributed by atoms with Crippen LogP contribution in [0.5, 0.6) is 5.75 Å². The number of pyridine rings is 1. The van der Waals surface area contributed by atoms with E-state index in [4.69, 9.17) is 10.5 Å². The Hall–Kier alpha value is -1.33. The van der Waals surface area contributed by atoms with Gasteiger partial charge in [-0.3, -0.25) is 4.79 Å². The second-order valence-electron chi connectivity index (χ2n) is 4.67. The number of nitrogens with zero attached hydrogens (tertiary/aromatic N) is 2. The van der Waals surface area contributed by atoms with Gasteiger partial charge < -0.3 is 19.9 Å². The summed E-state index contributed by atoms with van der Waals surface area (Å²) in [5.74, 6) is 0.400. The van der Waals surface area contributed by atoms with Crippen LogP contribution < -0.4 is 16.0 Å². The quantitative estimate of drug-likeness (QED) is 0.727. The molecule has 2 N–H and O–H groups in total. The van der Waals surface area contributed by atoms with Gasteiger partial charge in [0, 0.05) is 25.3 Å². The monoisotopic (exact) mass is 253 g/mol. The van der Waals surface area contributed by atoms with Crippen molar-refractivity contribution < 1.29 is 4.74 Å². The van der Waals surface area contributed by atoms with Crippen molar-refractivity contribution in [2.75, 3.05) is 33.8 Å². The number of hydrogen-bond donors (Lipinski definition) is 1. The van der Waals surface area contributed by atoms with Gasteiger partial charge in [0.15, 0.2) is 5.75 Å². The van der Waals surface area contributed by atoms with Gasteiger partial charge in [-0.2, -0.15) is 0 Å². The molecule has 0 spiro atoms. The molecule has 1 heterocycles. The lowest BCUT2D eigenvalue weighted by atomic mass is 10.3. The summed E-state index contributed by atoms with van der Waals surface area (Å²) in [6.07, 6.45) is 2.64. The largest absolute Gasteiger partial charge is 0.488 e. The third kappa shape index (κ3) is 4.16. The maximum atomic E-state index is 12.1. The summed E-state index contributed by atoms with van der Waals surface area (Å²) < 4.78 is 7.13. The first-order valence-electron chi connectivity index (χ1n) is 6.25. The SMILES string of the molecule is CC(CN)n1cccc(OCCCN(C)C)c1=O. The van der Waals surface area contributed by atoms with E-state index in [-0.39, 0.29) is 11.6 Å². The first-order chi connectivity index (χ1) is 8.56. The fourth-order valence-electron chi connectivity index (χ4n) is 1.62. The Morgan fingerprint density at radius 1 is 1.50 bits per heavy atom. The first kappa shape index (κ1) is 14.7. The number of nitrogens with two attached hydrogens (primary N) is 1. The van der Waals surface area contributed by atoms with Crippen LogP contribution >= 0.6 is 0 Å². The second kappa shape index (κ2) is 7.18. The summed E-state index contributed by atoms with van der Waals surface area (Å²) in [6, 6.07) is 3.51. The molecule has 102 valence electrons. The third-order valence-corrected chi connectivity index (χ3v) is 2.76. The standard InChI is InChI=1S/C13H23N3O2/c1-11(10-14)16-8-4-6-12(13(16)17)18-9-5-7-15(2)3/h4,6,8,11H,5,7,9-10,14H2,1-3H3. The highest BCUT2D eigenvalue weighted by Crippen LogP contribution is 2.06. The van der Waals surface area contributed by atoms with Crippen LogP contribution in [-0.2, 0) is 0 Å². The molecule has 0 saturated heterocycles. The van der Waals surface area contributed by atoms with Crippen LogP contribution in [-0.4, -0.2) is 43.3 Å². The van der Waals surface area contributed by atoms with Gasteiger partial charge in [0.1, 0.15) is 0 Å². The minimum atomic E-state index is -0.111. The number of ether oxygens (including phenoxy) is 1. The molecule has 1 aromatic rings. The van der Waals surface area contributed by atoms with Gasteiger partial charge in [0.2, 0.25) is 0 Å². The zero-order valence-corrected chi connectivity index (χ0v) is 11.4. The lowest BCUT2D eigenvalue weighted by Gasteiger charge is -2.14. The van der Waals surface area contributed by atoms with Crippen LogP contribution in [0.2, 0.25) is 0 Å². The van der Waals surface area contributed by atoms with Crippen LogP contribution in [0.3, 0.4) is 0 Å². The van der Waals surface area contributed by atoms with Crippen LogP contribution in [0.1, 0.15) is 19.4 Å². The minimum absolute atomic E-state index is 0.0113. The average molecular weight is 253 g/mol. The molecule has 1 unspecified atom stereocenters. The van der Waals surface area contributed by atoms with Crippen molar-refractivity contribution in [2.45, 2.75) is 19.4 Å². The predicted molar refractivity (Wildman–Crippen MR) is 73.1 cm³/mol. The van der Waals surface area contributed by atoms with Crippen molar-refractivity contribution in [1.82, 2.24) is 9.47 Å². The van der Waals surface area contributed by atoms with Crippen LogP contribution in [0.4, 0.5) is 0 Å². The first-order valence-corrected chi connectivity index (χ1v) is 6.25. The van der Waals surface area contributed by atoms with E-state index in [0.717, 1.165) is 13.0 Å². The van der Waals surface area contributed by atoms with E-state index < -0.39 is 0 Å². The molecule has 0 saturated carbocycles. The minimum Gasteiger partial charge on any atom is -0.488 e. The Balaban J connectivity index is 2.64. The highest BCUT2D eigenvalue weighted by molar-refractivity contribution is 5.17. The molecule has 0 bridgehead atoms. The summed E-state index contributed by atoms with van der Waals surface area (Å²) in [7, 11) is 4.02. The number of rotatable bonds is 7. The molecular weight excluding hydrogens is 230 g/mol. The average Bonchev–Trinajstić information content (AvgIpc) is 2.35. The van der Waals surface area contributed by atoms with Crippen molar-refractivity contribution in [2.24, 2.45) is 5.73 Å². The molecule has 0 aliphatic heterocycles. The molecule has 0 aliphatic rings. The van der Waals surface area contributed by atoms with E-state index in [1.807, 2.05) is 27.1 Å². The fourth-order valence-corrected chi connectivity index (χ4v) is 1.62. The number of aromatic nitrogens is 1.